The van der Waals surface area contributed by atoms with Crippen LogP contribution in [0.4, 0.5) is 0 Å². The van der Waals surface area contributed by atoms with Crippen LogP contribution in [0.5, 0.6) is 0 Å². The van der Waals surface area contributed by atoms with Crippen molar-refractivity contribution in [3.8, 4) is 78.8 Å². The Balaban J connectivity index is 0.882. The van der Waals surface area contributed by atoms with E-state index in [0.717, 1.165) is 87.4 Å². The van der Waals surface area contributed by atoms with Crippen LogP contribution in [0.2, 0.25) is 0 Å². The van der Waals surface area contributed by atoms with Gasteiger partial charge in [-0.05, 0) is 51.6 Å². The predicted octanol–water partition coefficient (Wildman–Crippen LogP) is 12.6. The molecule has 0 unspecified atom stereocenters. The highest BCUT2D eigenvalue weighted by Gasteiger charge is 2.17. The van der Waals surface area contributed by atoms with Gasteiger partial charge < -0.3 is 0 Å². The number of rotatable bonds is 7. The molecule has 0 aliphatic heterocycles. The molecule has 59 heavy (non-hydrogen) atoms. The van der Waals surface area contributed by atoms with Crippen LogP contribution in [-0.2, 0) is 0 Å². The molecule has 0 amide bonds. The van der Waals surface area contributed by atoms with E-state index in [4.69, 9.17) is 29.9 Å². The van der Waals surface area contributed by atoms with Crippen LogP contribution in [0.3, 0.4) is 0 Å². The fraction of sp³-hybridized carbons (Fsp3) is 0. The van der Waals surface area contributed by atoms with Gasteiger partial charge in [0.25, 0.3) is 0 Å². The van der Waals surface area contributed by atoms with Crippen molar-refractivity contribution in [2.75, 3.05) is 0 Å². The number of fused-ring (bicyclic) bond motifs is 4. The minimum absolute atomic E-state index is 0.622. The zero-order chi connectivity index (χ0) is 39.1. The molecule has 0 radical (unpaired) electrons. The summed E-state index contributed by atoms with van der Waals surface area (Å²) >= 11 is 1.59. The molecule has 4 heterocycles. The molecular formula is C51H31N7S. The Morgan fingerprint density at radius 2 is 0.746 bits per heavy atom. The topological polar surface area (TPSA) is 90.2 Å². The lowest BCUT2D eigenvalue weighted by molar-refractivity contribution is 1.07. The number of hydrogen-bond acceptors (Lipinski definition) is 8. The Bertz CT molecular complexity index is 3300. The molecule has 0 bridgehead atoms. The summed E-state index contributed by atoms with van der Waals surface area (Å²) in [6.45, 7) is 0. The van der Waals surface area contributed by atoms with Crippen molar-refractivity contribution in [2.24, 2.45) is 0 Å². The SMILES string of the molecule is c1ccc(-c2ccc(-c3nc(-c4ccccc4)nc(-c4cccc(-c5ccc(-c6ccc(-c7ncnc8c7sc7nc9ccccc9nc78)cc6)cc5)c4)n3)cc2)cc1. The maximum atomic E-state index is 5.02. The molecule has 11 rings (SSSR count). The monoisotopic (exact) mass is 773 g/mol. The average molecular weight is 774 g/mol. The summed E-state index contributed by atoms with van der Waals surface area (Å²) in [4.78, 5) is 34.9. The maximum Gasteiger partial charge on any atom is 0.164 e. The zero-order valence-electron chi connectivity index (χ0n) is 31.4. The molecule has 8 heteroatoms. The van der Waals surface area contributed by atoms with Gasteiger partial charge in [-0.2, -0.15) is 0 Å². The van der Waals surface area contributed by atoms with Crippen LogP contribution in [-0.4, -0.2) is 34.9 Å². The molecule has 0 aliphatic carbocycles. The fourth-order valence-corrected chi connectivity index (χ4v) is 8.55. The molecule has 4 aromatic heterocycles. The molecule has 0 atom stereocenters. The first-order valence-electron chi connectivity index (χ1n) is 19.3. The van der Waals surface area contributed by atoms with Crippen LogP contribution in [0.25, 0.3) is 110 Å². The Morgan fingerprint density at radius 1 is 0.305 bits per heavy atom. The van der Waals surface area contributed by atoms with Crippen molar-refractivity contribution in [3.05, 3.63) is 188 Å². The maximum absolute atomic E-state index is 5.02. The van der Waals surface area contributed by atoms with Gasteiger partial charge in [0, 0.05) is 22.3 Å². The standard InChI is InChI=1S/C51H31N7S/c1-3-10-32(11-4-1)33-24-28-39(29-25-33)49-56-48(38-12-5-2-6-13-38)57-50(58-49)41-15-9-14-40(30-41)36-20-18-34(19-21-36)35-22-26-37(27-23-35)44-47-45(53-31-52-44)46-51(59-47)55-43-17-8-7-16-42(43)54-46/h1-31H. The Labute approximate surface area is 343 Å². The van der Waals surface area contributed by atoms with E-state index in [-0.39, 0.29) is 0 Å². The lowest BCUT2D eigenvalue weighted by atomic mass is 9.98. The zero-order valence-corrected chi connectivity index (χ0v) is 32.3. The van der Waals surface area contributed by atoms with Gasteiger partial charge in [0.15, 0.2) is 17.5 Å². The molecular weight excluding hydrogens is 743 g/mol. The van der Waals surface area contributed by atoms with Crippen LogP contribution in [0.1, 0.15) is 0 Å². The van der Waals surface area contributed by atoms with Gasteiger partial charge in [0.2, 0.25) is 0 Å². The summed E-state index contributed by atoms with van der Waals surface area (Å²) in [6.07, 6.45) is 1.62. The molecule has 7 aromatic carbocycles. The van der Waals surface area contributed by atoms with Crippen molar-refractivity contribution in [2.45, 2.75) is 0 Å². The molecule has 11 aromatic rings. The number of thiophene rings is 1. The van der Waals surface area contributed by atoms with Crippen molar-refractivity contribution in [3.63, 3.8) is 0 Å². The van der Waals surface area contributed by atoms with Crippen LogP contribution in [0.15, 0.2) is 188 Å². The molecule has 0 saturated carbocycles. The van der Waals surface area contributed by atoms with Gasteiger partial charge in [-0.3, -0.25) is 0 Å². The highest BCUT2D eigenvalue weighted by atomic mass is 32.1. The number of hydrogen-bond donors (Lipinski definition) is 0. The van der Waals surface area contributed by atoms with E-state index in [2.05, 4.69) is 126 Å². The molecule has 0 spiro atoms. The third-order valence-electron chi connectivity index (χ3n) is 10.5. The third-order valence-corrected chi connectivity index (χ3v) is 11.6. The second-order valence-corrected chi connectivity index (χ2v) is 15.2. The number of para-hydroxylation sites is 2. The summed E-state index contributed by atoms with van der Waals surface area (Å²) in [7, 11) is 0. The van der Waals surface area contributed by atoms with E-state index in [1.165, 1.54) is 5.56 Å². The first-order chi connectivity index (χ1) is 29.2. The van der Waals surface area contributed by atoms with Crippen LogP contribution < -0.4 is 0 Å². The van der Waals surface area contributed by atoms with E-state index in [1.807, 2.05) is 60.7 Å². The third kappa shape index (κ3) is 6.57. The minimum atomic E-state index is 0.622. The van der Waals surface area contributed by atoms with E-state index in [1.54, 1.807) is 17.7 Å². The summed E-state index contributed by atoms with van der Waals surface area (Å²) in [6, 6.07) is 62.4. The van der Waals surface area contributed by atoms with E-state index < -0.39 is 0 Å². The molecule has 0 saturated heterocycles. The number of benzene rings is 7. The summed E-state index contributed by atoms with van der Waals surface area (Å²) in [5.41, 5.74) is 14.8. The van der Waals surface area contributed by atoms with Crippen molar-refractivity contribution in [1.29, 1.82) is 0 Å². The second-order valence-electron chi connectivity index (χ2n) is 14.2. The van der Waals surface area contributed by atoms with Gasteiger partial charge in [-0.25, -0.2) is 34.9 Å². The Kier molecular flexibility index (Phi) is 8.52. The van der Waals surface area contributed by atoms with Gasteiger partial charge in [-0.15, -0.1) is 11.3 Å². The molecule has 276 valence electrons. The van der Waals surface area contributed by atoms with Crippen LogP contribution >= 0.6 is 11.3 Å². The highest BCUT2D eigenvalue weighted by molar-refractivity contribution is 7.25. The molecule has 0 fully saturated rings. The quantitative estimate of drug-likeness (QED) is 0.159. The largest absolute Gasteiger partial charge is 0.241 e. The Hall–Kier alpha value is -7.81. The summed E-state index contributed by atoms with van der Waals surface area (Å²) < 4.78 is 0.985. The highest BCUT2D eigenvalue weighted by Crippen LogP contribution is 2.38. The Morgan fingerprint density at radius 3 is 1.37 bits per heavy atom. The summed E-state index contributed by atoms with van der Waals surface area (Å²) in [5, 5.41) is 0. The van der Waals surface area contributed by atoms with E-state index in [9.17, 15) is 0 Å². The molecule has 0 aliphatic rings. The van der Waals surface area contributed by atoms with Gasteiger partial charge >= 0.3 is 0 Å². The molecule has 0 N–H and O–H groups in total. The summed E-state index contributed by atoms with van der Waals surface area (Å²) in [5.74, 6) is 1.89. The first kappa shape index (κ1) is 34.4. The second kappa shape index (κ2) is 14.6. The van der Waals surface area contributed by atoms with Gasteiger partial charge in [0.1, 0.15) is 22.2 Å². The molecule has 7 nitrogen and oxygen atoms in total. The fourth-order valence-electron chi connectivity index (χ4n) is 7.46. The predicted molar refractivity (Wildman–Crippen MR) is 239 cm³/mol. The van der Waals surface area contributed by atoms with Crippen LogP contribution in [0, 0.1) is 0 Å². The van der Waals surface area contributed by atoms with E-state index >= 15 is 0 Å². The van der Waals surface area contributed by atoms with E-state index in [0.29, 0.717) is 17.5 Å². The smallest absolute Gasteiger partial charge is 0.164 e. The van der Waals surface area contributed by atoms with Gasteiger partial charge in [-0.1, -0.05) is 164 Å². The number of nitrogens with zero attached hydrogens (tertiary/aromatic N) is 7. The number of aromatic nitrogens is 7. The normalized spacial score (nSPS) is 11.4. The van der Waals surface area contributed by atoms with Gasteiger partial charge in [0.05, 0.1) is 21.4 Å². The van der Waals surface area contributed by atoms with Crippen molar-refractivity contribution >= 4 is 42.9 Å². The lowest BCUT2D eigenvalue weighted by Gasteiger charge is -2.11. The van der Waals surface area contributed by atoms with Crippen molar-refractivity contribution in [1.82, 2.24) is 34.9 Å². The lowest BCUT2D eigenvalue weighted by Crippen LogP contribution is -2.00. The van der Waals surface area contributed by atoms with Crippen molar-refractivity contribution < 1.29 is 0 Å². The first-order valence-corrected chi connectivity index (χ1v) is 20.1. The average Bonchev–Trinajstić information content (AvgIpc) is 3.69. The minimum Gasteiger partial charge on any atom is -0.241 e.